The first kappa shape index (κ1) is 21.3. The van der Waals surface area contributed by atoms with E-state index in [1.807, 2.05) is 6.92 Å². The van der Waals surface area contributed by atoms with E-state index in [1.165, 1.54) is 28.9 Å². The molecular formula is C19H20Cl2FN5O2. The maximum absolute atomic E-state index is 13.6. The summed E-state index contributed by atoms with van der Waals surface area (Å²) in [5.74, 6) is -0.818. The van der Waals surface area contributed by atoms with Gasteiger partial charge in [-0.3, -0.25) is 10.0 Å². The summed E-state index contributed by atoms with van der Waals surface area (Å²) in [5, 5.41) is 16.8. The van der Waals surface area contributed by atoms with Crippen LogP contribution in [0.1, 0.15) is 38.1 Å². The predicted molar refractivity (Wildman–Crippen MR) is 110 cm³/mol. The van der Waals surface area contributed by atoms with Crippen LogP contribution in [0.3, 0.4) is 0 Å². The molecule has 2 heterocycles. The minimum absolute atomic E-state index is 0.0395. The fourth-order valence-corrected chi connectivity index (χ4v) is 3.20. The van der Waals surface area contributed by atoms with Gasteiger partial charge in [-0.2, -0.15) is 9.61 Å². The van der Waals surface area contributed by atoms with Gasteiger partial charge in [0.05, 0.1) is 16.8 Å². The van der Waals surface area contributed by atoms with Crippen molar-refractivity contribution in [1.29, 1.82) is 0 Å². The maximum Gasteiger partial charge on any atom is 0.280 e. The summed E-state index contributed by atoms with van der Waals surface area (Å²) in [6.45, 7) is 8.16. The van der Waals surface area contributed by atoms with Gasteiger partial charge >= 0.3 is 0 Å². The van der Waals surface area contributed by atoms with Gasteiger partial charge in [-0.05, 0) is 30.5 Å². The van der Waals surface area contributed by atoms with Gasteiger partial charge in [-0.15, -0.1) is 0 Å². The molecule has 154 valence electrons. The molecule has 0 fully saturated rings. The van der Waals surface area contributed by atoms with Crippen molar-refractivity contribution in [2.75, 3.05) is 5.32 Å². The highest BCUT2D eigenvalue weighted by atomic mass is 35.5. The third-order valence-corrected chi connectivity index (χ3v) is 5.39. The summed E-state index contributed by atoms with van der Waals surface area (Å²) in [5.41, 5.74) is 2.49. The highest BCUT2D eigenvalue weighted by Crippen LogP contribution is 2.40. The zero-order valence-electron chi connectivity index (χ0n) is 16.2. The topological polar surface area (TPSA) is 91.5 Å². The number of fused-ring (bicyclic) bond motifs is 1. The molecule has 1 aromatic carbocycles. The van der Waals surface area contributed by atoms with Gasteiger partial charge in [0.25, 0.3) is 5.91 Å². The van der Waals surface area contributed by atoms with E-state index in [0.29, 0.717) is 16.9 Å². The molecule has 0 aliphatic rings. The molecule has 0 saturated heterocycles. The van der Waals surface area contributed by atoms with Crippen molar-refractivity contribution in [3.63, 3.8) is 0 Å². The smallest absolute Gasteiger partial charge is 0.280 e. The summed E-state index contributed by atoms with van der Waals surface area (Å²) in [6.07, 6.45) is 1.27. The number of amides is 1. The second-order valence-corrected chi connectivity index (χ2v) is 8.48. The van der Waals surface area contributed by atoms with Gasteiger partial charge in [0.2, 0.25) is 0 Å². The van der Waals surface area contributed by atoms with Crippen LogP contribution in [0.4, 0.5) is 10.2 Å². The van der Waals surface area contributed by atoms with Crippen molar-refractivity contribution in [3.05, 3.63) is 46.0 Å². The molecule has 0 aliphatic heterocycles. The number of carbonyl (C=O) groups is 1. The van der Waals surface area contributed by atoms with Crippen LogP contribution in [0.25, 0.3) is 16.8 Å². The number of anilines is 1. The Kier molecular flexibility index (Phi) is 5.71. The monoisotopic (exact) mass is 439 g/mol. The molecule has 0 spiro atoms. The summed E-state index contributed by atoms with van der Waals surface area (Å²) in [4.78, 5) is 16.2. The lowest BCUT2D eigenvalue weighted by atomic mass is 9.88. The summed E-state index contributed by atoms with van der Waals surface area (Å²) in [7, 11) is 0. The minimum atomic E-state index is -0.772. The first-order valence-electron chi connectivity index (χ1n) is 8.78. The Morgan fingerprint density at radius 1 is 1.31 bits per heavy atom. The molecule has 3 N–H and O–H groups in total. The average molecular weight is 440 g/mol. The molecule has 0 saturated carbocycles. The number of carbonyl (C=O) groups excluding carboxylic acids is 1. The molecule has 7 nitrogen and oxygen atoms in total. The van der Waals surface area contributed by atoms with Crippen molar-refractivity contribution < 1.29 is 14.4 Å². The molecule has 10 heteroatoms. The predicted octanol–water partition coefficient (Wildman–Crippen LogP) is 4.81. The van der Waals surface area contributed by atoms with Gasteiger partial charge in [-0.25, -0.2) is 14.9 Å². The Morgan fingerprint density at radius 2 is 2.00 bits per heavy atom. The number of aromatic nitrogens is 3. The van der Waals surface area contributed by atoms with Gasteiger partial charge in [-0.1, -0.05) is 44.0 Å². The highest BCUT2D eigenvalue weighted by Gasteiger charge is 2.27. The Labute approximate surface area is 176 Å². The molecule has 0 radical (unpaired) electrons. The van der Waals surface area contributed by atoms with Crippen LogP contribution in [0.5, 0.6) is 0 Å². The van der Waals surface area contributed by atoms with Crippen molar-refractivity contribution in [1.82, 2.24) is 20.1 Å². The fourth-order valence-electron chi connectivity index (χ4n) is 2.67. The number of benzene rings is 1. The average Bonchev–Trinajstić information content (AvgIpc) is 3.05. The lowest BCUT2D eigenvalue weighted by Crippen LogP contribution is -2.32. The Balaban J connectivity index is 2.33. The number of hydroxylamine groups is 1. The van der Waals surface area contributed by atoms with E-state index in [4.69, 9.17) is 28.4 Å². The SMILES string of the molecule is C[C@@H](Nc1c(-c2ccc(F)cc2Cl)c(Cl)nc2c(C(=O)NO)cnn12)C(C)(C)C. The number of nitrogens with one attached hydrogen (secondary N) is 2. The third-order valence-electron chi connectivity index (χ3n) is 4.80. The summed E-state index contributed by atoms with van der Waals surface area (Å²) < 4.78 is 15.0. The maximum atomic E-state index is 13.6. The van der Waals surface area contributed by atoms with Crippen LogP contribution in [0.2, 0.25) is 10.2 Å². The minimum Gasteiger partial charge on any atom is -0.366 e. The number of halogens is 3. The van der Waals surface area contributed by atoms with Crippen LogP contribution in [0, 0.1) is 11.2 Å². The molecule has 29 heavy (non-hydrogen) atoms. The first-order valence-corrected chi connectivity index (χ1v) is 9.53. The first-order chi connectivity index (χ1) is 13.5. The van der Waals surface area contributed by atoms with Crippen molar-refractivity contribution in [3.8, 4) is 11.1 Å². The van der Waals surface area contributed by atoms with Crippen molar-refractivity contribution in [2.24, 2.45) is 5.41 Å². The summed E-state index contributed by atoms with van der Waals surface area (Å²) in [6, 6.07) is 3.90. The number of hydrogen-bond donors (Lipinski definition) is 3. The summed E-state index contributed by atoms with van der Waals surface area (Å²) >= 11 is 12.8. The van der Waals surface area contributed by atoms with E-state index < -0.39 is 11.7 Å². The number of rotatable bonds is 4. The number of nitrogens with zero attached hydrogens (tertiary/aromatic N) is 3. The number of hydrogen-bond acceptors (Lipinski definition) is 5. The van der Waals surface area contributed by atoms with Gasteiger partial charge < -0.3 is 5.32 Å². The van der Waals surface area contributed by atoms with Crippen LogP contribution >= 0.6 is 23.2 Å². The Bertz CT molecular complexity index is 1090. The third kappa shape index (κ3) is 4.01. The second kappa shape index (κ2) is 7.78. The zero-order chi connectivity index (χ0) is 21.5. The molecule has 0 aliphatic carbocycles. The molecule has 0 bridgehead atoms. The van der Waals surface area contributed by atoms with Crippen LogP contribution in [0.15, 0.2) is 24.4 Å². The normalized spacial score (nSPS) is 12.8. The van der Waals surface area contributed by atoms with E-state index in [2.05, 4.69) is 36.2 Å². The molecule has 3 rings (SSSR count). The zero-order valence-corrected chi connectivity index (χ0v) is 17.7. The lowest BCUT2D eigenvalue weighted by Gasteiger charge is -2.30. The van der Waals surface area contributed by atoms with E-state index in [-0.39, 0.29) is 32.8 Å². The van der Waals surface area contributed by atoms with Gasteiger partial charge in [0, 0.05) is 11.6 Å². The van der Waals surface area contributed by atoms with Crippen molar-refractivity contribution in [2.45, 2.75) is 33.7 Å². The standard InChI is InChI=1S/C19H20Cl2FN5O2/c1-9(19(2,3)4)24-17-14(11-6-5-10(22)7-13(11)20)15(21)25-16-12(18(28)26-29)8-23-27(16)17/h5-9,24,29H,1-4H3,(H,26,28)/t9-/m1/s1. The Hall–Kier alpha value is -2.42. The quantitative estimate of drug-likeness (QED) is 0.308. The van der Waals surface area contributed by atoms with Crippen LogP contribution < -0.4 is 10.8 Å². The fraction of sp³-hybridized carbons (Fsp3) is 0.316. The molecule has 3 aromatic rings. The van der Waals surface area contributed by atoms with E-state index in [9.17, 15) is 9.18 Å². The van der Waals surface area contributed by atoms with E-state index in [1.54, 1.807) is 5.48 Å². The van der Waals surface area contributed by atoms with E-state index in [0.717, 1.165) is 0 Å². The molecule has 1 atom stereocenters. The van der Waals surface area contributed by atoms with E-state index >= 15 is 0 Å². The Morgan fingerprint density at radius 3 is 2.59 bits per heavy atom. The molecule has 2 aromatic heterocycles. The van der Waals surface area contributed by atoms with Crippen molar-refractivity contribution >= 4 is 40.6 Å². The van der Waals surface area contributed by atoms with Gasteiger partial charge in [0.15, 0.2) is 5.65 Å². The van der Waals surface area contributed by atoms with Crippen LogP contribution in [-0.4, -0.2) is 31.8 Å². The molecular weight excluding hydrogens is 420 g/mol. The largest absolute Gasteiger partial charge is 0.366 e. The molecule has 1 amide bonds. The second-order valence-electron chi connectivity index (χ2n) is 7.72. The van der Waals surface area contributed by atoms with Crippen LogP contribution in [-0.2, 0) is 0 Å². The lowest BCUT2D eigenvalue weighted by molar-refractivity contribution is 0.0708. The van der Waals surface area contributed by atoms with Gasteiger partial charge in [0.1, 0.15) is 22.4 Å². The molecule has 0 unspecified atom stereocenters. The highest BCUT2D eigenvalue weighted by molar-refractivity contribution is 6.36.